The lowest BCUT2D eigenvalue weighted by Crippen LogP contribution is -2.19. The van der Waals surface area contributed by atoms with Crippen LogP contribution in [0.25, 0.3) is 0 Å². The van der Waals surface area contributed by atoms with E-state index in [0.717, 1.165) is 18.2 Å². The Morgan fingerprint density at radius 1 is 1.06 bits per heavy atom. The predicted molar refractivity (Wildman–Crippen MR) is 52.4 cm³/mol. The van der Waals surface area contributed by atoms with Crippen molar-refractivity contribution in [2.75, 3.05) is 6.61 Å². The molecule has 0 heterocycles. The van der Waals surface area contributed by atoms with Crippen LogP contribution in [0, 0.1) is 0 Å². The molecule has 2 nitrogen and oxygen atoms in total. The molecule has 0 saturated carbocycles. The van der Waals surface area contributed by atoms with Crippen LogP contribution < -0.4 is 9.47 Å². The standard InChI is InChI=1S/C9H5BrF6O2/c10-6-3-5(18-9(14,15)16)1-2-7(6)17-4-8(11,12)13/h1-3H,4H2. The Kier molecular flexibility index (Phi) is 4.36. The van der Waals surface area contributed by atoms with Gasteiger partial charge in [-0.15, -0.1) is 13.2 Å². The highest BCUT2D eigenvalue weighted by atomic mass is 79.9. The fourth-order valence-corrected chi connectivity index (χ4v) is 1.43. The summed E-state index contributed by atoms with van der Waals surface area (Å²) in [4.78, 5) is 0. The molecule has 0 N–H and O–H groups in total. The molecule has 0 atom stereocenters. The van der Waals surface area contributed by atoms with Gasteiger partial charge in [0.25, 0.3) is 0 Å². The second-order valence-corrected chi connectivity index (χ2v) is 3.90. The molecule has 1 aromatic carbocycles. The number of alkyl halides is 6. The average Bonchev–Trinajstić information content (AvgIpc) is 2.12. The van der Waals surface area contributed by atoms with E-state index in [4.69, 9.17) is 0 Å². The van der Waals surface area contributed by atoms with Gasteiger partial charge in [-0.1, -0.05) is 0 Å². The molecule has 9 heteroatoms. The molecular formula is C9H5BrF6O2. The zero-order valence-corrected chi connectivity index (χ0v) is 9.99. The molecule has 1 rings (SSSR count). The van der Waals surface area contributed by atoms with Crippen LogP contribution in [0.2, 0.25) is 0 Å². The van der Waals surface area contributed by atoms with Crippen LogP contribution in [0.15, 0.2) is 22.7 Å². The minimum Gasteiger partial charge on any atom is -0.483 e. The lowest BCUT2D eigenvalue weighted by molar-refractivity contribution is -0.274. The van der Waals surface area contributed by atoms with Crippen LogP contribution in [0.5, 0.6) is 11.5 Å². The Labute approximate surface area is 106 Å². The van der Waals surface area contributed by atoms with Gasteiger partial charge in [0.2, 0.25) is 0 Å². The highest BCUT2D eigenvalue weighted by molar-refractivity contribution is 9.10. The van der Waals surface area contributed by atoms with Crippen LogP contribution in [0.1, 0.15) is 0 Å². The minimum absolute atomic E-state index is 0.0755. The van der Waals surface area contributed by atoms with E-state index >= 15 is 0 Å². The molecule has 0 amide bonds. The van der Waals surface area contributed by atoms with E-state index in [0.29, 0.717) is 0 Å². The third-order valence-electron chi connectivity index (χ3n) is 1.53. The Bertz CT molecular complexity index is 414. The molecule has 0 aliphatic carbocycles. The van der Waals surface area contributed by atoms with Gasteiger partial charge in [0, 0.05) is 0 Å². The number of halogens is 7. The van der Waals surface area contributed by atoms with Crippen molar-refractivity contribution in [3.05, 3.63) is 22.7 Å². The molecular weight excluding hydrogens is 334 g/mol. The molecule has 0 fully saturated rings. The summed E-state index contributed by atoms with van der Waals surface area (Å²) < 4.78 is 79.0. The molecule has 0 aromatic heterocycles. The summed E-state index contributed by atoms with van der Waals surface area (Å²) >= 11 is 2.78. The van der Waals surface area contributed by atoms with Gasteiger partial charge in [0.1, 0.15) is 11.5 Å². The van der Waals surface area contributed by atoms with Crippen molar-refractivity contribution in [2.45, 2.75) is 12.5 Å². The van der Waals surface area contributed by atoms with E-state index in [9.17, 15) is 26.3 Å². The van der Waals surface area contributed by atoms with Crippen molar-refractivity contribution >= 4 is 15.9 Å². The lowest BCUT2D eigenvalue weighted by atomic mass is 10.3. The Morgan fingerprint density at radius 3 is 2.11 bits per heavy atom. The van der Waals surface area contributed by atoms with Crippen molar-refractivity contribution < 1.29 is 35.8 Å². The van der Waals surface area contributed by atoms with E-state index < -0.39 is 24.9 Å². The summed E-state index contributed by atoms with van der Waals surface area (Å²) in [6.45, 7) is -1.54. The van der Waals surface area contributed by atoms with Gasteiger partial charge in [0.05, 0.1) is 4.47 Å². The van der Waals surface area contributed by atoms with Gasteiger partial charge in [0.15, 0.2) is 6.61 Å². The maximum absolute atomic E-state index is 11.9. The van der Waals surface area contributed by atoms with Crippen LogP contribution in [-0.2, 0) is 0 Å². The van der Waals surface area contributed by atoms with Crippen LogP contribution in [0.4, 0.5) is 26.3 Å². The number of hydrogen-bond acceptors (Lipinski definition) is 2. The molecule has 18 heavy (non-hydrogen) atoms. The molecule has 0 unspecified atom stereocenters. The number of benzene rings is 1. The molecule has 0 aliphatic heterocycles. The van der Waals surface area contributed by atoms with Crippen molar-refractivity contribution in [1.82, 2.24) is 0 Å². The molecule has 102 valence electrons. The van der Waals surface area contributed by atoms with E-state index in [2.05, 4.69) is 25.4 Å². The second kappa shape index (κ2) is 5.25. The highest BCUT2D eigenvalue weighted by Gasteiger charge is 2.32. The second-order valence-electron chi connectivity index (χ2n) is 3.04. The predicted octanol–water partition coefficient (Wildman–Crippen LogP) is 4.29. The molecule has 0 aliphatic rings. The van der Waals surface area contributed by atoms with Crippen LogP contribution >= 0.6 is 15.9 Å². The first kappa shape index (κ1) is 14.9. The van der Waals surface area contributed by atoms with Gasteiger partial charge < -0.3 is 9.47 Å². The van der Waals surface area contributed by atoms with Crippen molar-refractivity contribution in [3.63, 3.8) is 0 Å². The van der Waals surface area contributed by atoms with E-state index in [1.165, 1.54) is 0 Å². The minimum atomic E-state index is -4.87. The average molecular weight is 339 g/mol. The summed E-state index contributed by atoms with van der Waals surface area (Å²) in [5.74, 6) is -0.796. The maximum Gasteiger partial charge on any atom is 0.573 e. The first-order valence-corrected chi connectivity index (χ1v) is 5.11. The van der Waals surface area contributed by atoms with Gasteiger partial charge in [-0.25, -0.2) is 0 Å². The quantitative estimate of drug-likeness (QED) is 0.765. The number of ether oxygens (including phenoxy) is 2. The van der Waals surface area contributed by atoms with E-state index in [-0.39, 0.29) is 10.2 Å². The SMILES string of the molecule is FC(F)(F)COc1ccc(OC(F)(F)F)cc1Br. The third-order valence-corrected chi connectivity index (χ3v) is 2.15. The fourth-order valence-electron chi connectivity index (χ4n) is 0.955. The maximum atomic E-state index is 11.9. The van der Waals surface area contributed by atoms with E-state index in [1.54, 1.807) is 0 Å². The van der Waals surface area contributed by atoms with Crippen molar-refractivity contribution in [2.24, 2.45) is 0 Å². The normalized spacial score (nSPS) is 12.4. The van der Waals surface area contributed by atoms with Gasteiger partial charge in [-0.2, -0.15) is 13.2 Å². The molecule has 0 spiro atoms. The fraction of sp³-hybridized carbons (Fsp3) is 0.333. The zero-order chi connectivity index (χ0) is 14.0. The van der Waals surface area contributed by atoms with Gasteiger partial charge >= 0.3 is 12.5 Å². The first-order valence-electron chi connectivity index (χ1n) is 4.32. The van der Waals surface area contributed by atoms with Gasteiger partial charge in [-0.3, -0.25) is 0 Å². The van der Waals surface area contributed by atoms with E-state index in [1.807, 2.05) is 0 Å². The molecule has 0 bridgehead atoms. The highest BCUT2D eigenvalue weighted by Crippen LogP contribution is 2.32. The number of hydrogen-bond donors (Lipinski definition) is 0. The Hall–Kier alpha value is -1.12. The summed E-state index contributed by atoms with van der Waals surface area (Å²) in [6, 6.07) is 2.65. The third kappa shape index (κ3) is 5.48. The largest absolute Gasteiger partial charge is 0.573 e. The lowest BCUT2D eigenvalue weighted by Gasteiger charge is -2.13. The molecule has 1 aromatic rings. The molecule has 0 radical (unpaired) electrons. The smallest absolute Gasteiger partial charge is 0.483 e. The molecule has 0 saturated heterocycles. The topological polar surface area (TPSA) is 18.5 Å². The first-order chi connectivity index (χ1) is 8.07. The van der Waals surface area contributed by atoms with Crippen molar-refractivity contribution in [3.8, 4) is 11.5 Å². The monoisotopic (exact) mass is 338 g/mol. The zero-order valence-electron chi connectivity index (χ0n) is 8.40. The van der Waals surface area contributed by atoms with Crippen molar-refractivity contribution in [1.29, 1.82) is 0 Å². The van der Waals surface area contributed by atoms with Gasteiger partial charge in [-0.05, 0) is 34.1 Å². The Morgan fingerprint density at radius 2 is 1.67 bits per heavy atom. The summed E-state index contributed by atoms with van der Waals surface area (Å²) in [5.41, 5.74) is 0. The summed E-state index contributed by atoms with van der Waals surface area (Å²) in [5, 5.41) is 0. The van der Waals surface area contributed by atoms with Crippen LogP contribution in [-0.4, -0.2) is 19.1 Å². The summed E-state index contributed by atoms with van der Waals surface area (Å²) in [6.07, 6.45) is -9.39. The Balaban J connectivity index is 2.74. The summed E-state index contributed by atoms with van der Waals surface area (Å²) in [7, 11) is 0. The number of rotatable bonds is 3. The van der Waals surface area contributed by atoms with Crippen LogP contribution in [0.3, 0.4) is 0 Å².